The molecule has 2 aromatic heterocycles. The summed E-state index contributed by atoms with van der Waals surface area (Å²) in [5, 5.41) is 4.15. The summed E-state index contributed by atoms with van der Waals surface area (Å²) in [4.78, 5) is 18.0. The molecule has 0 N–H and O–H groups in total. The summed E-state index contributed by atoms with van der Waals surface area (Å²) in [5.41, 5.74) is 2.89. The first-order valence-corrected chi connectivity index (χ1v) is 9.39. The predicted octanol–water partition coefficient (Wildman–Crippen LogP) is 2.64. The lowest BCUT2D eigenvalue weighted by molar-refractivity contribution is 0.121. The van der Waals surface area contributed by atoms with Crippen LogP contribution in [0.5, 0.6) is 0 Å². The molecule has 0 radical (unpaired) electrons. The van der Waals surface area contributed by atoms with Gasteiger partial charge in [0.25, 0.3) is 0 Å². The predicted molar refractivity (Wildman–Crippen MR) is 103 cm³/mol. The van der Waals surface area contributed by atoms with Gasteiger partial charge in [-0.25, -0.2) is 9.97 Å². The van der Waals surface area contributed by atoms with Crippen LogP contribution in [-0.4, -0.2) is 62.6 Å². The largest absolute Gasteiger partial charge is 0.338 e. The van der Waals surface area contributed by atoms with Gasteiger partial charge in [0.05, 0.1) is 12.2 Å². The van der Waals surface area contributed by atoms with E-state index in [0.29, 0.717) is 18.3 Å². The van der Waals surface area contributed by atoms with Gasteiger partial charge in [0.2, 0.25) is 11.7 Å². The molecule has 0 amide bonds. The summed E-state index contributed by atoms with van der Waals surface area (Å²) < 4.78 is 5.47. The number of nitrogens with zero attached hydrogens (tertiary/aromatic N) is 6. The minimum atomic E-state index is 0.627. The van der Waals surface area contributed by atoms with Crippen molar-refractivity contribution in [2.75, 3.05) is 32.7 Å². The van der Waals surface area contributed by atoms with Crippen molar-refractivity contribution in [2.24, 2.45) is 0 Å². The van der Waals surface area contributed by atoms with Crippen molar-refractivity contribution in [3.8, 4) is 22.6 Å². The van der Waals surface area contributed by atoms with Gasteiger partial charge < -0.3 is 9.42 Å². The van der Waals surface area contributed by atoms with E-state index < -0.39 is 0 Å². The highest BCUT2D eigenvalue weighted by Gasteiger charge is 2.18. The van der Waals surface area contributed by atoms with E-state index in [-0.39, 0.29) is 0 Å². The van der Waals surface area contributed by atoms with Gasteiger partial charge in [0.1, 0.15) is 5.82 Å². The van der Waals surface area contributed by atoms with Gasteiger partial charge in [0, 0.05) is 43.5 Å². The Morgan fingerprint density at radius 2 is 1.63 bits per heavy atom. The topological polar surface area (TPSA) is 71.2 Å². The molecular weight excluding hydrogens is 340 g/mol. The van der Waals surface area contributed by atoms with Crippen molar-refractivity contribution in [1.82, 2.24) is 29.9 Å². The van der Waals surface area contributed by atoms with Crippen LogP contribution in [0.15, 0.2) is 41.1 Å². The normalized spacial score (nSPS) is 15.9. The molecule has 1 aromatic carbocycles. The van der Waals surface area contributed by atoms with Crippen LogP contribution in [-0.2, 0) is 6.54 Å². The van der Waals surface area contributed by atoms with Crippen LogP contribution >= 0.6 is 0 Å². The average molecular weight is 364 g/mol. The van der Waals surface area contributed by atoms with Crippen molar-refractivity contribution in [3.05, 3.63) is 48.2 Å². The molecule has 0 unspecified atom stereocenters. The number of piperazine rings is 1. The van der Waals surface area contributed by atoms with E-state index in [9.17, 15) is 0 Å². The lowest BCUT2D eigenvalue weighted by Crippen LogP contribution is -2.45. The molecule has 0 saturated carbocycles. The van der Waals surface area contributed by atoms with Crippen LogP contribution in [0.4, 0.5) is 0 Å². The van der Waals surface area contributed by atoms with Gasteiger partial charge >= 0.3 is 0 Å². The van der Waals surface area contributed by atoms with Crippen LogP contribution in [0.2, 0.25) is 0 Å². The molecule has 0 spiro atoms. The van der Waals surface area contributed by atoms with Gasteiger partial charge in [-0.05, 0) is 19.5 Å². The first kappa shape index (κ1) is 17.8. The monoisotopic (exact) mass is 364 g/mol. The molecule has 1 fully saturated rings. The molecule has 1 saturated heterocycles. The fraction of sp³-hybridized carbons (Fsp3) is 0.400. The van der Waals surface area contributed by atoms with E-state index in [1.807, 2.05) is 37.3 Å². The number of aryl methyl sites for hydroxylation is 1. The molecule has 27 heavy (non-hydrogen) atoms. The summed E-state index contributed by atoms with van der Waals surface area (Å²) in [6, 6.07) is 9.96. The Balaban J connectivity index is 1.42. The number of hydrogen-bond acceptors (Lipinski definition) is 7. The Hall–Kier alpha value is -2.64. The number of aromatic nitrogens is 4. The van der Waals surface area contributed by atoms with Crippen molar-refractivity contribution in [1.29, 1.82) is 0 Å². The second-order valence-electron chi connectivity index (χ2n) is 6.79. The number of likely N-dealkylation sites (N-methyl/N-ethyl adjacent to an activating group) is 1. The number of rotatable bonds is 5. The molecule has 0 aliphatic carbocycles. The molecule has 1 aliphatic heterocycles. The van der Waals surface area contributed by atoms with Gasteiger partial charge in [-0.1, -0.05) is 36.3 Å². The molecule has 3 aromatic rings. The maximum Gasteiger partial charge on any atom is 0.241 e. The molecule has 0 atom stereocenters. The third kappa shape index (κ3) is 4.20. The van der Waals surface area contributed by atoms with Gasteiger partial charge in [-0.3, -0.25) is 4.90 Å². The lowest BCUT2D eigenvalue weighted by atomic mass is 10.1. The van der Waals surface area contributed by atoms with Gasteiger partial charge in [-0.2, -0.15) is 4.98 Å². The van der Waals surface area contributed by atoms with Gasteiger partial charge in [-0.15, -0.1) is 0 Å². The molecule has 3 heterocycles. The minimum Gasteiger partial charge on any atom is -0.338 e. The number of benzene rings is 1. The summed E-state index contributed by atoms with van der Waals surface area (Å²) in [5.74, 6) is 2.06. The molecule has 1 aliphatic rings. The summed E-state index contributed by atoms with van der Waals surface area (Å²) >= 11 is 0. The Labute approximate surface area is 159 Å². The van der Waals surface area contributed by atoms with Crippen LogP contribution in [0, 0.1) is 6.92 Å². The van der Waals surface area contributed by atoms with E-state index in [0.717, 1.165) is 55.4 Å². The average Bonchev–Trinajstić information content (AvgIpc) is 3.17. The zero-order valence-electron chi connectivity index (χ0n) is 15.8. The second kappa shape index (κ2) is 7.94. The second-order valence-corrected chi connectivity index (χ2v) is 6.79. The maximum atomic E-state index is 5.47. The Morgan fingerprint density at radius 3 is 2.33 bits per heavy atom. The van der Waals surface area contributed by atoms with Crippen molar-refractivity contribution in [3.63, 3.8) is 0 Å². The third-order valence-corrected chi connectivity index (χ3v) is 4.95. The summed E-state index contributed by atoms with van der Waals surface area (Å²) in [6.07, 6.45) is 1.78. The van der Waals surface area contributed by atoms with E-state index in [1.165, 1.54) is 0 Å². The minimum absolute atomic E-state index is 0.627. The molecule has 7 nitrogen and oxygen atoms in total. The Bertz CT molecular complexity index is 883. The molecule has 140 valence electrons. The zero-order chi connectivity index (χ0) is 18.6. The highest BCUT2D eigenvalue weighted by atomic mass is 16.5. The Kier molecular flexibility index (Phi) is 5.22. The van der Waals surface area contributed by atoms with Crippen LogP contribution < -0.4 is 0 Å². The maximum absolute atomic E-state index is 5.47. The highest BCUT2D eigenvalue weighted by molar-refractivity contribution is 5.64. The Morgan fingerprint density at radius 1 is 0.926 bits per heavy atom. The van der Waals surface area contributed by atoms with Crippen LogP contribution in [0.3, 0.4) is 0 Å². The van der Waals surface area contributed by atoms with E-state index in [1.54, 1.807) is 6.20 Å². The summed E-state index contributed by atoms with van der Waals surface area (Å²) in [6.45, 7) is 10.2. The highest BCUT2D eigenvalue weighted by Crippen LogP contribution is 2.22. The SMILES string of the molecule is CCN1CCN(Cc2nc(-c3ccc(-c4ccnc(C)n4)cc3)no2)CC1. The van der Waals surface area contributed by atoms with Crippen molar-refractivity contribution >= 4 is 0 Å². The standard InChI is InChI=1S/C20H24N6O/c1-3-25-10-12-26(13-11-25)14-19-23-20(24-27-19)17-6-4-16(5-7-17)18-8-9-21-15(2)22-18/h4-9H,3,10-14H2,1-2H3. The lowest BCUT2D eigenvalue weighted by Gasteiger charge is -2.33. The molecular formula is C20H24N6O. The molecule has 7 heteroatoms. The quantitative estimate of drug-likeness (QED) is 0.689. The molecule has 0 bridgehead atoms. The van der Waals surface area contributed by atoms with Crippen LogP contribution in [0.1, 0.15) is 18.6 Å². The van der Waals surface area contributed by atoms with Crippen molar-refractivity contribution < 1.29 is 4.52 Å². The first-order chi connectivity index (χ1) is 13.2. The van der Waals surface area contributed by atoms with E-state index in [4.69, 9.17) is 4.52 Å². The zero-order valence-corrected chi connectivity index (χ0v) is 15.8. The first-order valence-electron chi connectivity index (χ1n) is 9.39. The summed E-state index contributed by atoms with van der Waals surface area (Å²) in [7, 11) is 0. The molecule has 4 rings (SSSR count). The fourth-order valence-electron chi connectivity index (χ4n) is 3.30. The smallest absolute Gasteiger partial charge is 0.241 e. The van der Waals surface area contributed by atoms with Crippen LogP contribution in [0.25, 0.3) is 22.6 Å². The van der Waals surface area contributed by atoms with E-state index >= 15 is 0 Å². The number of hydrogen-bond donors (Lipinski definition) is 0. The van der Waals surface area contributed by atoms with Crippen molar-refractivity contribution in [2.45, 2.75) is 20.4 Å². The fourth-order valence-corrected chi connectivity index (χ4v) is 3.30. The van der Waals surface area contributed by atoms with Gasteiger partial charge in [0.15, 0.2) is 0 Å². The van der Waals surface area contributed by atoms with E-state index in [2.05, 4.69) is 36.8 Å². The third-order valence-electron chi connectivity index (χ3n) is 4.95.